The highest BCUT2D eigenvalue weighted by molar-refractivity contribution is 5.83. The molecule has 3 nitrogen and oxygen atoms in total. The van der Waals surface area contributed by atoms with Crippen LogP contribution in [0.15, 0.2) is 24.3 Å². The third-order valence-electron chi connectivity index (χ3n) is 3.90. The van der Waals surface area contributed by atoms with Crippen molar-refractivity contribution in [2.75, 3.05) is 13.1 Å². The monoisotopic (exact) mass is 285 g/mol. The van der Waals surface area contributed by atoms with Crippen molar-refractivity contribution in [1.29, 1.82) is 0 Å². The maximum Gasteiger partial charge on any atom is 0.0708 e. The summed E-state index contributed by atoms with van der Waals surface area (Å²) >= 11 is 0. The number of fused-ring (bicyclic) bond motifs is 1. The minimum atomic E-state index is 0.569. The number of hydrogen-bond donors (Lipinski definition) is 2. The molecule has 0 bridgehead atoms. The van der Waals surface area contributed by atoms with Crippen LogP contribution in [0.4, 0.5) is 0 Å². The molecule has 0 aliphatic carbocycles. The van der Waals surface area contributed by atoms with Gasteiger partial charge in [-0.15, -0.1) is 0 Å². The van der Waals surface area contributed by atoms with Crippen LogP contribution in [0.5, 0.6) is 0 Å². The molecule has 0 atom stereocenters. The van der Waals surface area contributed by atoms with E-state index in [2.05, 4.69) is 67.6 Å². The summed E-state index contributed by atoms with van der Waals surface area (Å²) in [6.07, 6.45) is 1.15. The summed E-state index contributed by atoms with van der Waals surface area (Å²) in [5.41, 5.74) is 4.92. The fraction of sp³-hybridized carbons (Fsp3) is 0.500. The number of nitrogens with one attached hydrogen (secondary N) is 2. The molecule has 0 aliphatic heterocycles. The van der Waals surface area contributed by atoms with Gasteiger partial charge >= 0.3 is 0 Å². The van der Waals surface area contributed by atoms with E-state index in [4.69, 9.17) is 0 Å². The van der Waals surface area contributed by atoms with Gasteiger partial charge in [0.05, 0.1) is 5.52 Å². The molecule has 0 aliphatic rings. The fourth-order valence-corrected chi connectivity index (χ4v) is 2.56. The van der Waals surface area contributed by atoms with Gasteiger partial charge in [-0.2, -0.15) is 0 Å². The second-order valence-electron chi connectivity index (χ2n) is 5.96. The molecule has 21 heavy (non-hydrogen) atoms. The lowest BCUT2D eigenvalue weighted by Crippen LogP contribution is -2.27. The first-order valence-corrected chi connectivity index (χ1v) is 7.88. The van der Waals surface area contributed by atoms with E-state index in [1.807, 2.05) is 0 Å². The molecular weight excluding hydrogens is 258 g/mol. The van der Waals surface area contributed by atoms with Crippen LogP contribution in [0, 0.1) is 13.8 Å². The summed E-state index contributed by atoms with van der Waals surface area (Å²) in [7, 11) is 0. The quantitative estimate of drug-likeness (QED) is 0.766. The number of aromatic nitrogens is 1. The molecule has 2 N–H and O–H groups in total. The molecule has 0 saturated carbocycles. The summed E-state index contributed by atoms with van der Waals surface area (Å²) in [6.45, 7) is 11.7. The second-order valence-corrected chi connectivity index (χ2v) is 5.96. The maximum atomic E-state index is 4.68. The molecule has 1 aromatic carbocycles. The van der Waals surface area contributed by atoms with Gasteiger partial charge in [-0.05, 0) is 50.6 Å². The predicted octanol–water partition coefficient (Wildman–Crippen LogP) is 3.33. The van der Waals surface area contributed by atoms with E-state index in [-0.39, 0.29) is 0 Å². The first-order chi connectivity index (χ1) is 10.1. The third-order valence-corrected chi connectivity index (χ3v) is 3.90. The van der Waals surface area contributed by atoms with Crippen LogP contribution in [0.3, 0.4) is 0 Å². The van der Waals surface area contributed by atoms with E-state index in [1.54, 1.807) is 0 Å². The number of rotatable bonds is 7. The molecule has 2 rings (SSSR count). The first-order valence-electron chi connectivity index (χ1n) is 7.88. The zero-order valence-corrected chi connectivity index (χ0v) is 13.7. The van der Waals surface area contributed by atoms with Crippen LogP contribution < -0.4 is 10.6 Å². The lowest BCUT2D eigenvalue weighted by atomic mass is 10.0. The smallest absolute Gasteiger partial charge is 0.0708 e. The minimum absolute atomic E-state index is 0.569. The Labute approximate surface area is 128 Å². The molecular formula is C18H27N3. The van der Waals surface area contributed by atoms with E-state index >= 15 is 0 Å². The molecule has 0 fully saturated rings. The number of hydrogen-bond acceptors (Lipinski definition) is 3. The van der Waals surface area contributed by atoms with Gasteiger partial charge in [-0.3, -0.25) is 4.98 Å². The summed E-state index contributed by atoms with van der Waals surface area (Å²) < 4.78 is 0. The number of pyridine rings is 1. The van der Waals surface area contributed by atoms with Crippen LogP contribution in [-0.2, 0) is 6.54 Å². The lowest BCUT2D eigenvalue weighted by molar-refractivity contribution is 0.547. The Morgan fingerprint density at radius 2 is 1.86 bits per heavy atom. The molecule has 114 valence electrons. The highest BCUT2D eigenvalue weighted by atomic mass is 14.9. The molecule has 0 saturated heterocycles. The normalized spacial score (nSPS) is 11.5. The number of nitrogens with zero attached hydrogens (tertiary/aromatic N) is 1. The third kappa shape index (κ3) is 4.26. The van der Waals surface area contributed by atoms with Crippen LogP contribution in [0.25, 0.3) is 10.9 Å². The molecule has 3 heteroatoms. The molecule has 2 aromatic rings. The Kier molecular flexibility index (Phi) is 5.71. The SMILES string of the molecule is Cc1nc2ccccc2c(CNCCCNC(C)C)c1C. The number of benzene rings is 1. The Bertz CT molecular complexity index is 590. The van der Waals surface area contributed by atoms with Crippen LogP contribution >= 0.6 is 0 Å². The zero-order chi connectivity index (χ0) is 15.2. The molecule has 1 heterocycles. The molecule has 0 amide bonds. The van der Waals surface area contributed by atoms with Crippen molar-refractivity contribution in [3.05, 3.63) is 41.1 Å². The largest absolute Gasteiger partial charge is 0.314 e. The number of para-hydroxylation sites is 1. The maximum absolute atomic E-state index is 4.68. The summed E-state index contributed by atoms with van der Waals surface area (Å²) in [6, 6.07) is 8.98. The zero-order valence-electron chi connectivity index (χ0n) is 13.7. The Morgan fingerprint density at radius 3 is 2.62 bits per heavy atom. The van der Waals surface area contributed by atoms with E-state index in [0.717, 1.165) is 37.3 Å². The van der Waals surface area contributed by atoms with Crippen LogP contribution in [0.2, 0.25) is 0 Å². The van der Waals surface area contributed by atoms with Crippen molar-refractivity contribution in [2.24, 2.45) is 0 Å². The average molecular weight is 285 g/mol. The van der Waals surface area contributed by atoms with Crippen molar-refractivity contribution >= 4 is 10.9 Å². The summed E-state index contributed by atoms with van der Waals surface area (Å²) in [5.74, 6) is 0. The number of aryl methyl sites for hydroxylation is 1. The Morgan fingerprint density at radius 1 is 1.10 bits per heavy atom. The van der Waals surface area contributed by atoms with Crippen molar-refractivity contribution in [3.63, 3.8) is 0 Å². The van der Waals surface area contributed by atoms with Crippen molar-refractivity contribution in [3.8, 4) is 0 Å². The van der Waals surface area contributed by atoms with Gasteiger partial charge in [0.25, 0.3) is 0 Å². The van der Waals surface area contributed by atoms with Gasteiger partial charge in [0.1, 0.15) is 0 Å². The highest BCUT2D eigenvalue weighted by Crippen LogP contribution is 2.22. The van der Waals surface area contributed by atoms with Gasteiger partial charge in [-0.25, -0.2) is 0 Å². The average Bonchev–Trinajstić information content (AvgIpc) is 2.46. The molecule has 1 aromatic heterocycles. The van der Waals surface area contributed by atoms with E-state index in [0.29, 0.717) is 6.04 Å². The van der Waals surface area contributed by atoms with Crippen LogP contribution in [0.1, 0.15) is 37.1 Å². The Hall–Kier alpha value is -1.45. The predicted molar refractivity (Wildman–Crippen MR) is 90.7 cm³/mol. The highest BCUT2D eigenvalue weighted by Gasteiger charge is 2.08. The lowest BCUT2D eigenvalue weighted by Gasteiger charge is -2.14. The van der Waals surface area contributed by atoms with Gasteiger partial charge in [-0.1, -0.05) is 32.0 Å². The molecule has 0 spiro atoms. The van der Waals surface area contributed by atoms with Crippen molar-refractivity contribution < 1.29 is 0 Å². The second kappa shape index (κ2) is 7.53. The van der Waals surface area contributed by atoms with Gasteiger partial charge in [0.15, 0.2) is 0 Å². The van der Waals surface area contributed by atoms with Gasteiger partial charge in [0.2, 0.25) is 0 Å². The van der Waals surface area contributed by atoms with Gasteiger partial charge < -0.3 is 10.6 Å². The standard InChI is InChI=1S/C18H27N3/c1-13(2)20-11-7-10-19-12-17-14(3)15(4)21-18-9-6-5-8-16(17)18/h5-6,8-9,13,19-20H,7,10-12H2,1-4H3. The van der Waals surface area contributed by atoms with E-state index in [1.165, 1.54) is 16.5 Å². The Balaban J connectivity index is 1.99. The van der Waals surface area contributed by atoms with E-state index < -0.39 is 0 Å². The molecule has 0 radical (unpaired) electrons. The van der Waals surface area contributed by atoms with Crippen molar-refractivity contribution in [2.45, 2.75) is 46.7 Å². The summed E-state index contributed by atoms with van der Waals surface area (Å²) in [5, 5.41) is 8.28. The van der Waals surface area contributed by atoms with Gasteiger partial charge in [0, 0.05) is 23.7 Å². The molecule has 0 unspecified atom stereocenters. The topological polar surface area (TPSA) is 37.0 Å². The fourth-order valence-electron chi connectivity index (χ4n) is 2.56. The van der Waals surface area contributed by atoms with Crippen molar-refractivity contribution in [1.82, 2.24) is 15.6 Å². The minimum Gasteiger partial charge on any atom is -0.314 e. The van der Waals surface area contributed by atoms with E-state index in [9.17, 15) is 0 Å². The first kappa shape index (κ1) is 15.9. The van der Waals surface area contributed by atoms with Crippen LogP contribution in [-0.4, -0.2) is 24.1 Å². The summed E-state index contributed by atoms with van der Waals surface area (Å²) in [4.78, 5) is 4.68.